The molecular weight excluding hydrogens is 278 g/mol. The topological polar surface area (TPSA) is 78.5 Å². The van der Waals surface area contributed by atoms with Gasteiger partial charge in [0.2, 0.25) is 10.0 Å². The van der Waals surface area contributed by atoms with Gasteiger partial charge < -0.3 is 10.2 Å². The molecule has 1 saturated heterocycles. The first-order valence-corrected chi connectivity index (χ1v) is 8.81. The van der Waals surface area contributed by atoms with Gasteiger partial charge in [0.25, 0.3) is 0 Å². The molecule has 7 heteroatoms. The van der Waals surface area contributed by atoms with Crippen LogP contribution in [-0.2, 0) is 10.0 Å². The number of amides is 2. The molecule has 6 nitrogen and oxygen atoms in total. The molecule has 0 unspecified atom stereocenters. The van der Waals surface area contributed by atoms with Gasteiger partial charge >= 0.3 is 6.03 Å². The zero-order chi connectivity index (χ0) is 15.4. The minimum Gasteiger partial charge on any atom is -0.337 e. The number of likely N-dealkylation sites (tertiary alicyclic amines) is 1. The molecule has 2 N–H and O–H groups in total. The standard InChI is InChI=1S/C13H27N3O3S/c1-5-20(18,19)15-11-6-8-16(9-7-11)12(17)14-10-13(2,3)4/h11,15H,5-10H2,1-4H3,(H,14,17). The van der Waals surface area contributed by atoms with Gasteiger partial charge in [-0.15, -0.1) is 0 Å². The average molecular weight is 305 g/mol. The number of nitrogens with one attached hydrogen (secondary N) is 2. The van der Waals surface area contributed by atoms with Crippen molar-refractivity contribution in [1.82, 2.24) is 14.9 Å². The summed E-state index contributed by atoms with van der Waals surface area (Å²) in [4.78, 5) is 13.7. The molecule has 0 atom stereocenters. The Balaban J connectivity index is 2.37. The van der Waals surface area contributed by atoms with Gasteiger partial charge in [0.1, 0.15) is 0 Å². The molecule has 1 aliphatic rings. The first-order valence-electron chi connectivity index (χ1n) is 7.16. The third kappa shape index (κ3) is 6.09. The van der Waals surface area contributed by atoms with E-state index in [1.807, 2.05) is 0 Å². The normalized spacial score (nSPS) is 18.1. The Kier molecular flexibility index (Phi) is 5.82. The molecule has 0 radical (unpaired) electrons. The molecule has 1 rings (SSSR count). The van der Waals surface area contributed by atoms with Crippen molar-refractivity contribution in [3.63, 3.8) is 0 Å². The predicted molar refractivity (Wildman–Crippen MR) is 80.0 cm³/mol. The SMILES string of the molecule is CCS(=O)(=O)NC1CCN(C(=O)NCC(C)(C)C)CC1. The molecule has 0 aromatic heterocycles. The number of carbonyl (C=O) groups excluding carboxylic acids is 1. The molecule has 118 valence electrons. The summed E-state index contributed by atoms with van der Waals surface area (Å²) in [5, 5.41) is 2.91. The highest BCUT2D eigenvalue weighted by Crippen LogP contribution is 2.13. The van der Waals surface area contributed by atoms with Crippen molar-refractivity contribution in [2.24, 2.45) is 5.41 Å². The molecule has 20 heavy (non-hydrogen) atoms. The maximum absolute atomic E-state index is 12.0. The Bertz CT molecular complexity index is 421. The van der Waals surface area contributed by atoms with E-state index in [4.69, 9.17) is 0 Å². The lowest BCUT2D eigenvalue weighted by Crippen LogP contribution is -2.50. The molecule has 0 saturated carbocycles. The summed E-state index contributed by atoms with van der Waals surface area (Å²) in [7, 11) is -3.16. The number of sulfonamides is 1. The number of piperidine rings is 1. The fourth-order valence-electron chi connectivity index (χ4n) is 1.99. The van der Waals surface area contributed by atoms with Crippen molar-refractivity contribution in [3.8, 4) is 0 Å². The van der Waals surface area contributed by atoms with E-state index in [2.05, 4.69) is 30.8 Å². The second-order valence-electron chi connectivity index (χ2n) is 6.50. The van der Waals surface area contributed by atoms with Crippen LogP contribution in [0.2, 0.25) is 0 Å². The van der Waals surface area contributed by atoms with Gasteiger partial charge in [-0.1, -0.05) is 20.8 Å². The van der Waals surface area contributed by atoms with E-state index in [0.717, 1.165) is 0 Å². The quantitative estimate of drug-likeness (QED) is 0.817. The van der Waals surface area contributed by atoms with Gasteiger partial charge in [-0.05, 0) is 25.2 Å². The van der Waals surface area contributed by atoms with Gasteiger partial charge in [-0.3, -0.25) is 0 Å². The minimum absolute atomic E-state index is 0.0494. The van der Waals surface area contributed by atoms with E-state index in [9.17, 15) is 13.2 Å². The number of urea groups is 1. The van der Waals surface area contributed by atoms with Gasteiger partial charge in [0, 0.05) is 25.7 Å². The van der Waals surface area contributed by atoms with Crippen LogP contribution in [-0.4, -0.2) is 50.8 Å². The van der Waals surface area contributed by atoms with Crippen molar-refractivity contribution in [2.45, 2.75) is 46.6 Å². The molecule has 0 bridgehead atoms. The largest absolute Gasteiger partial charge is 0.337 e. The second kappa shape index (κ2) is 6.76. The molecular formula is C13H27N3O3S. The Hall–Kier alpha value is -0.820. The summed E-state index contributed by atoms with van der Waals surface area (Å²) in [6, 6.07) is -0.108. The molecule has 1 fully saturated rings. The van der Waals surface area contributed by atoms with E-state index in [1.54, 1.807) is 11.8 Å². The minimum atomic E-state index is -3.16. The highest BCUT2D eigenvalue weighted by atomic mass is 32.2. The van der Waals surface area contributed by atoms with Crippen LogP contribution in [0.1, 0.15) is 40.5 Å². The van der Waals surface area contributed by atoms with Crippen LogP contribution in [0.3, 0.4) is 0 Å². The van der Waals surface area contributed by atoms with Gasteiger partial charge in [0.05, 0.1) is 5.75 Å². The molecule has 0 spiro atoms. The molecule has 0 aliphatic carbocycles. The maximum Gasteiger partial charge on any atom is 0.317 e. The van der Waals surface area contributed by atoms with Crippen LogP contribution in [0.15, 0.2) is 0 Å². The number of rotatable bonds is 4. The van der Waals surface area contributed by atoms with Crippen molar-refractivity contribution in [1.29, 1.82) is 0 Å². The molecule has 2 amide bonds. The van der Waals surface area contributed by atoms with E-state index < -0.39 is 10.0 Å². The van der Waals surface area contributed by atoms with Crippen LogP contribution in [0.5, 0.6) is 0 Å². The second-order valence-corrected chi connectivity index (χ2v) is 8.54. The van der Waals surface area contributed by atoms with E-state index in [0.29, 0.717) is 32.5 Å². The number of hydrogen-bond acceptors (Lipinski definition) is 3. The molecule has 0 aromatic rings. The number of nitrogens with zero attached hydrogens (tertiary/aromatic N) is 1. The number of carbonyl (C=O) groups is 1. The van der Waals surface area contributed by atoms with E-state index in [-0.39, 0.29) is 23.2 Å². The van der Waals surface area contributed by atoms with Crippen molar-refractivity contribution in [3.05, 3.63) is 0 Å². The average Bonchev–Trinajstić information content (AvgIpc) is 2.35. The Labute approximate surface area is 122 Å². The van der Waals surface area contributed by atoms with Crippen LogP contribution < -0.4 is 10.0 Å². The monoisotopic (exact) mass is 305 g/mol. The Morgan fingerprint density at radius 1 is 1.25 bits per heavy atom. The summed E-state index contributed by atoms with van der Waals surface area (Å²) in [6.07, 6.45) is 1.34. The smallest absolute Gasteiger partial charge is 0.317 e. The van der Waals surface area contributed by atoms with Crippen LogP contribution in [0, 0.1) is 5.41 Å². The molecule has 1 aliphatic heterocycles. The van der Waals surface area contributed by atoms with Gasteiger partial charge in [0.15, 0.2) is 0 Å². The Morgan fingerprint density at radius 2 is 1.80 bits per heavy atom. The van der Waals surface area contributed by atoms with Crippen molar-refractivity contribution in [2.75, 3.05) is 25.4 Å². The lowest BCUT2D eigenvalue weighted by molar-refractivity contribution is 0.176. The fraction of sp³-hybridized carbons (Fsp3) is 0.923. The zero-order valence-corrected chi connectivity index (χ0v) is 13.7. The summed E-state index contributed by atoms with van der Waals surface area (Å²) in [5.41, 5.74) is 0.0603. The lowest BCUT2D eigenvalue weighted by atomic mass is 9.97. The third-order valence-electron chi connectivity index (χ3n) is 3.28. The van der Waals surface area contributed by atoms with Gasteiger partial charge in [-0.2, -0.15) is 0 Å². The van der Waals surface area contributed by atoms with Crippen LogP contribution >= 0.6 is 0 Å². The Morgan fingerprint density at radius 3 is 2.25 bits per heavy atom. The van der Waals surface area contributed by atoms with Gasteiger partial charge in [-0.25, -0.2) is 17.9 Å². The highest BCUT2D eigenvalue weighted by molar-refractivity contribution is 7.89. The lowest BCUT2D eigenvalue weighted by Gasteiger charge is -2.33. The van der Waals surface area contributed by atoms with E-state index >= 15 is 0 Å². The first-order chi connectivity index (χ1) is 9.13. The summed E-state index contributed by atoms with van der Waals surface area (Å²) in [6.45, 7) is 9.64. The number of hydrogen-bond donors (Lipinski definition) is 2. The first kappa shape index (κ1) is 17.2. The third-order valence-corrected chi connectivity index (χ3v) is 4.73. The summed E-state index contributed by atoms with van der Waals surface area (Å²) >= 11 is 0. The fourth-order valence-corrected chi connectivity index (χ4v) is 2.90. The molecule has 1 heterocycles. The van der Waals surface area contributed by atoms with Crippen molar-refractivity contribution < 1.29 is 13.2 Å². The zero-order valence-electron chi connectivity index (χ0n) is 12.9. The van der Waals surface area contributed by atoms with Crippen molar-refractivity contribution >= 4 is 16.1 Å². The summed E-state index contributed by atoms with van der Waals surface area (Å²) < 4.78 is 25.7. The summed E-state index contributed by atoms with van der Waals surface area (Å²) in [5.74, 6) is 0.0965. The predicted octanol–water partition coefficient (Wildman–Crippen LogP) is 1.15. The highest BCUT2D eigenvalue weighted by Gasteiger charge is 2.25. The van der Waals surface area contributed by atoms with E-state index in [1.165, 1.54) is 0 Å². The van der Waals surface area contributed by atoms with Crippen LogP contribution in [0.4, 0.5) is 4.79 Å². The maximum atomic E-state index is 12.0. The van der Waals surface area contributed by atoms with Crippen LogP contribution in [0.25, 0.3) is 0 Å². The molecule has 0 aromatic carbocycles.